The molecule has 2 rings (SSSR count). The first-order valence-corrected chi connectivity index (χ1v) is 5.85. The lowest BCUT2D eigenvalue weighted by molar-refractivity contribution is -0.135. The molecule has 1 amide bonds. The number of primary amides is 1. The zero-order valence-corrected chi connectivity index (χ0v) is 10.1. The van der Waals surface area contributed by atoms with Gasteiger partial charge in [-0.05, 0) is 24.1 Å². The molecule has 0 bridgehead atoms. The van der Waals surface area contributed by atoms with Crippen molar-refractivity contribution in [2.45, 2.75) is 26.4 Å². The summed E-state index contributed by atoms with van der Waals surface area (Å²) in [4.78, 5) is 22.5. The summed E-state index contributed by atoms with van der Waals surface area (Å²) in [5.74, 6) is -0.817. The highest BCUT2D eigenvalue weighted by Crippen LogP contribution is 2.14. The van der Waals surface area contributed by atoms with Gasteiger partial charge in [-0.2, -0.15) is 0 Å². The molecule has 0 spiro atoms. The summed E-state index contributed by atoms with van der Waals surface area (Å²) >= 11 is 0. The molecule has 94 valence electrons. The predicted molar refractivity (Wildman–Crippen MR) is 66.1 cm³/mol. The number of hydrogen-bond acceptors (Lipinski definition) is 4. The van der Waals surface area contributed by atoms with E-state index in [4.69, 9.17) is 15.0 Å². The second kappa shape index (κ2) is 5.22. The molecule has 0 aromatic heterocycles. The summed E-state index contributed by atoms with van der Waals surface area (Å²) in [6, 6.07) is 5.03. The van der Waals surface area contributed by atoms with Gasteiger partial charge in [-0.15, -0.1) is 0 Å². The van der Waals surface area contributed by atoms with Crippen LogP contribution in [0.1, 0.15) is 35.7 Å². The van der Waals surface area contributed by atoms with Gasteiger partial charge in [0.2, 0.25) is 5.91 Å². The van der Waals surface area contributed by atoms with Gasteiger partial charge in [-0.3, -0.25) is 9.59 Å². The molecular formula is C12H14BNO4. The number of fused-ring (bicyclic) bond motifs is 1. The minimum Gasteiger partial charge on any atom is -0.506 e. The minimum absolute atomic E-state index is 0.306. The van der Waals surface area contributed by atoms with Crippen LogP contribution in [-0.4, -0.2) is 19.0 Å². The van der Waals surface area contributed by atoms with Crippen LogP contribution < -0.4 is 11.2 Å². The topological polar surface area (TPSA) is 78.6 Å². The van der Waals surface area contributed by atoms with Crippen LogP contribution in [0.15, 0.2) is 18.2 Å². The van der Waals surface area contributed by atoms with Gasteiger partial charge < -0.3 is 15.0 Å². The summed E-state index contributed by atoms with van der Waals surface area (Å²) < 4.78 is 10.6. The third-order valence-corrected chi connectivity index (χ3v) is 2.77. The molecule has 1 heterocycles. The number of amides is 1. The minimum atomic E-state index is -0.724. The van der Waals surface area contributed by atoms with E-state index in [9.17, 15) is 9.59 Å². The van der Waals surface area contributed by atoms with Gasteiger partial charge >= 0.3 is 7.12 Å². The number of nitrogens with two attached hydrogens (primary N) is 1. The molecule has 1 aliphatic heterocycles. The van der Waals surface area contributed by atoms with Crippen LogP contribution in [0.3, 0.4) is 0 Å². The predicted octanol–water partition coefficient (Wildman–Crippen LogP) is 0.354. The molecule has 0 saturated carbocycles. The van der Waals surface area contributed by atoms with Gasteiger partial charge in [-0.25, -0.2) is 0 Å². The number of rotatable bonds is 4. The highest BCUT2D eigenvalue weighted by molar-refractivity contribution is 6.64. The average molecular weight is 247 g/mol. The van der Waals surface area contributed by atoms with Gasteiger partial charge in [0.15, 0.2) is 0 Å². The third kappa shape index (κ3) is 2.54. The summed E-state index contributed by atoms with van der Waals surface area (Å²) in [7, 11) is -0.724. The molecule has 1 aromatic carbocycles. The number of benzene rings is 1. The van der Waals surface area contributed by atoms with Crippen molar-refractivity contribution in [1.82, 2.24) is 0 Å². The maximum atomic E-state index is 11.4. The molecule has 18 heavy (non-hydrogen) atoms. The van der Waals surface area contributed by atoms with Gasteiger partial charge in [0.25, 0.3) is 5.97 Å². The van der Waals surface area contributed by atoms with Crippen molar-refractivity contribution in [1.29, 1.82) is 0 Å². The van der Waals surface area contributed by atoms with E-state index >= 15 is 0 Å². The Morgan fingerprint density at radius 3 is 2.94 bits per heavy atom. The Hall–Kier alpha value is -1.82. The normalized spacial score (nSPS) is 13.3. The van der Waals surface area contributed by atoms with Crippen molar-refractivity contribution < 1.29 is 18.9 Å². The second-order valence-corrected chi connectivity index (χ2v) is 4.16. The quantitative estimate of drug-likeness (QED) is 0.779. The van der Waals surface area contributed by atoms with Crippen molar-refractivity contribution in [3.8, 4) is 0 Å². The summed E-state index contributed by atoms with van der Waals surface area (Å²) in [6.45, 7) is 2.27. The Morgan fingerprint density at radius 1 is 1.50 bits per heavy atom. The van der Waals surface area contributed by atoms with E-state index in [1.54, 1.807) is 18.2 Å². The van der Waals surface area contributed by atoms with Gasteiger partial charge in [-0.1, -0.05) is 13.0 Å². The van der Waals surface area contributed by atoms with Crippen molar-refractivity contribution in [3.63, 3.8) is 0 Å². The molecule has 1 aliphatic rings. The monoisotopic (exact) mass is 247 g/mol. The standard InChI is InChI=1S/C12H14BNO4/c1-2-3-11(15)18-13-10-6-8(12(14)16)4-5-9(10)7-17-13/h4-6H,2-3,7H2,1H3,(H2,14,16). The lowest BCUT2D eigenvalue weighted by Crippen LogP contribution is -2.35. The molecule has 1 aromatic rings. The highest BCUT2D eigenvalue weighted by atomic mass is 16.6. The molecule has 0 aliphatic carbocycles. The molecule has 6 heteroatoms. The molecular weight excluding hydrogens is 233 g/mol. The lowest BCUT2D eigenvalue weighted by atomic mass is 9.78. The Morgan fingerprint density at radius 2 is 2.28 bits per heavy atom. The van der Waals surface area contributed by atoms with E-state index < -0.39 is 13.0 Å². The highest BCUT2D eigenvalue weighted by Gasteiger charge is 2.34. The first-order valence-electron chi connectivity index (χ1n) is 5.85. The lowest BCUT2D eigenvalue weighted by Gasteiger charge is -2.08. The summed E-state index contributed by atoms with van der Waals surface area (Å²) in [6.07, 6.45) is 1.07. The Balaban J connectivity index is 2.18. The maximum Gasteiger partial charge on any atom is 0.565 e. The Kier molecular flexibility index (Phi) is 3.67. The van der Waals surface area contributed by atoms with Crippen molar-refractivity contribution in [3.05, 3.63) is 29.3 Å². The van der Waals surface area contributed by atoms with Crippen LogP contribution in [0.4, 0.5) is 0 Å². The van der Waals surface area contributed by atoms with Crippen LogP contribution in [0.2, 0.25) is 0 Å². The van der Waals surface area contributed by atoms with Crippen LogP contribution in [0.25, 0.3) is 0 Å². The van der Waals surface area contributed by atoms with Gasteiger partial charge in [0.05, 0.1) is 6.61 Å². The van der Waals surface area contributed by atoms with Crippen molar-refractivity contribution >= 4 is 24.5 Å². The van der Waals surface area contributed by atoms with Gasteiger partial charge in [0.1, 0.15) is 0 Å². The molecule has 2 N–H and O–H groups in total. The van der Waals surface area contributed by atoms with Crippen LogP contribution >= 0.6 is 0 Å². The van der Waals surface area contributed by atoms with E-state index in [-0.39, 0.29) is 5.97 Å². The first-order chi connectivity index (χ1) is 8.61. The van der Waals surface area contributed by atoms with Crippen molar-refractivity contribution in [2.75, 3.05) is 0 Å². The number of hydrogen-bond donors (Lipinski definition) is 1. The maximum absolute atomic E-state index is 11.4. The number of carbonyl (C=O) groups is 2. The van der Waals surface area contributed by atoms with Gasteiger partial charge in [0, 0.05) is 17.4 Å². The first kappa shape index (κ1) is 12.6. The summed E-state index contributed by atoms with van der Waals surface area (Å²) in [5, 5.41) is 0. The van der Waals surface area contributed by atoms with E-state index in [1.165, 1.54) is 0 Å². The molecule has 5 nitrogen and oxygen atoms in total. The zero-order valence-electron chi connectivity index (χ0n) is 10.1. The van der Waals surface area contributed by atoms with Crippen molar-refractivity contribution in [2.24, 2.45) is 5.73 Å². The van der Waals surface area contributed by atoms with E-state index in [2.05, 4.69) is 0 Å². The fraction of sp³-hybridized carbons (Fsp3) is 0.333. The molecule has 0 fully saturated rings. The van der Waals surface area contributed by atoms with E-state index in [1.807, 2.05) is 6.92 Å². The van der Waals surface area contributed by atoms with Crippen LogP contribution in [0.5, 0.6) is 0 Å². The number of carbonyl (C=O) groups excluding carboxylic acids is 2. The van der Waals surface area contributed by atoms with E-state index in [0.717, 1.165) is 12.0 Å². The fourth-order valence-corrected chi connectivity index (χ4v) is 1.83. The Bertz CT molecular complexity index is 489. The summed E-state index contributed by atoms with van der Waals surface area (Å²) in [5.41, 5.74) is 7.22. The third-order valence-electron chi connectivity index (χ3n) is 2.77. The van der Waals surface area contributed by atoms with Crippen LogP contribution in [-0.2, 0) is 20.7 Å². The molecule has 0 atom stereocenters. The SMILES string of the molecule is CCCC(=O)OB1OCc2ccc(C(N)=O)cc21. The fourth-order valence-electron chi connectivity index (χ4n) is 1.83. The molecule has 0 unspecified atom stereocenters. The zero-order chi connectivity index (χ0) is 13.1. The van der Waals surface area contributed by atoms with E-state index in [0.29, 0.717) is 24.1 Å². The second-order valence-electron chi connectivity index (χ2n) is 4.16. The Labute approximate surface area is 105 Å². The smallest absolute Gasteiger partial charge is 0.506 e. The van der Waals surface area contributed by atoms with Crippen LogP contribution in [0, 0.1) is 0 Å². The molecule has 0 saturated heterocycles. The molecule has 0 radical (unpaired) electrons. The largest absolute Gasteiger partial charge is 0.565 e. The average Bonchev–Trinajstić information content (AvgIpc) is 2.72.